The van der Waals surface area contributed by atoms with E-state index < -0.39 is 5.91 Å². The Morgan fingerprint density at radius 2 is 2.04 bits per heavy atom. The van der Waals surface area contributed by atoms with E-state index in [0.29, 0.717) is 6.04 Å². The van der Waals surface area contributed by atoms with Crippen molar-refractivity contribution in [1.29, 1.82) is 0 Å². The van der Waals surface area contributed by atoms with Gasteiger partial charge in [-0.25, -0.2) is 5.48 Å². The number of H-pyrrole nitrogens is 1. The van der Waals surface area contributed by atoms with Crippen LogP contribution in [0.15, 0.2) is 48.7 Å². The number of anilines is 1. The van der Waals surface area contributed by atoms with Gasteiger partial charge in [-0.2, -0.15) is 0 Å². The van der Waals surface area contributed by atoms with Gasteiger partial charge in [-0.05, 0) is 42.7 Å². The summed E-state index contributed by atoms with van der Waals surface area (Å²) in [6.45, 7) is 2.81. The van der Waals surface area contributed by atoms with Crippen molar-refractivity contribution in [2.75, 3.05) is 18.0 Å². The highest BCUT2D eigenvalue weighted by Crippen LogP contribution is 2.25. The van der Waals surface area contributed by atoms with Gasteiger partial charge < -0.3 is 15.2 Å². The van der Waals surface area contributed by atoms with Crippen LogP contribution in [0.1, 0.15) is 24.1 Å². The van der Waals surface area contributed by atoms with Crippen LogP contribution in [-0.2, 0) is 11.3 Å². The van der Waals surface area contributed by atoms with E-state index in [2.05, 4.69) is 27.3 Å². The van der Waals surface area contributed by atoms with Crippen molar-refractivity contribution in [2.24, 2.45) is 0 Å². The zero-order valence-corrected chi connectivity index (χ0v) is 14.1. The Hall–Kier alpha value is -2.57. The van der Waals surface area contributed by atoms with Gasteiger partial charge in [-0.15, -0.1) is 0 Å². The van der Waals surface area contributed by atoms with E-state index in [0.717, 1.165) is 43.7 Å². The molecule has 1 aliphatic heterocycles. The van der Waals surface area contributed by atoms with Crippen molar-refractivity contribution < 1.29 is 10.0 Å². The van der Waals surface area contributed by atoms with E-state index in [1.165, 1.54) is 11.8 Å². The molecule has 1 saturated heterocycles. The third kappa shape index (κ3) is 4.71. The second-order valence-electron chi connectivity index (χ2n) is 6.21. The Morgan fingerprint density at radius 1 is 1.24 bits per heavy atom. The molecule has 1 fully saturated rings. The maximum atomic E-state index is 11.2. The molecule has 2 heterocycles. The quantitative estimate of drug-likeness (QED) is 0.369. The predicted molar refractivity (Wildman–Crippen MR) is 98.3 cm³/mol. The fourth-order valence-electron chi connectivity index (χ4n) is 3.18. The highest BCUT2D eigenvalue weighted by Gasteiger charge is 2.20. The molecule has 0 unspecified atom stereocenters. The van der Waals surface area contributed by atoms with E-state index in [9.17, 15) is 4.79 Å². The Kier molecular flexibility index (Phi) is 5.87. The van der Waals surface area contributed by atoms with Gasteiger partial charge >= 0.3 is 0 Å². The zero-order valence-electron chi connectivity index (χ0n) is 14.1. The van der Waals surface area contributed by atoms with Gasteiger partial charge in [0.15, 0.2) is 0 Å². The molecule has 1 aromatic heterocycles. The number of carbonyl (C=O) groups excluding carboxylic acids is 1. The fraction of sp³-hybridized carbons (Fsp3) is 0.316. The van der Waals surface area contributed by atoms with E-state index in [1.54, 1.807) is 11.6 Å². The molecular formula is C19H24N4O2. The van der Waals surface area contributed by atoms with E-state index in [-0.39, 0.29) is 0 Å². The summed E-state index contributed by atoms with van der Waals surface area (Å²) in [7, 11) is 0. The van der Waals surface area contributed by atoms with E-state index in [4.69, 9.17) is 5.21 Å². The van der Waals surface area contributed by atoms with Crippen LogP contribution in [0, 0.1) is 0 Å². The van der Waals surface area contributed by atoms with Crippen LogP contribution in [0.5, 0.6) is 0 Å². The first-order valence-electron chi connectivity index (χ1n) is 8.58. The van der Waals surface area contributed by atoms with Crippen LogP contribution >= 0.6 is 0 Å². The molecule has 0 aliphatic carbocycles. The second-order valence-corrected chi connectivity index (χ2v) is 6.21. The van der Waals surface area contributed by atoms with Crippen LogP contribution in [0.3, 0.4) is 0 Å². The molecule has 6 nitrogen and oxygen atoms in total. The lowest BCUT2D eigenvalue weighted by Gasteiger charge is -2.35. The minimum atomic E-state index is -0.526. The summed E-state index contributed by atoms with van der Waals surface area (Å²) in [6, 6.07) is 12.6. The number of aromatic nitrogens is 1. The number of aromatic amines is 1. The number of hydroxylamine groups is 1. The SMILES string of the molecule is O=C(/C=C/c1ccccc1N1CCC(NCc2ccc[nH]2)CC1)NO. The number of nitrogens with one attached hydrogen (secondary N) is 3. The maximum Gasteiger partial charge on any atom is 0.267 e. The third-order valence-corrected chi connectivity index (χ3v) is 4.54. The number of para-hydroxylation sites is 1. The van der Waals surface area contributed by atoms with Crippen molar-refractivity contribution >= 4 is 17.7 Å². The Balaban J connectivity index is 1.57. The van der Waals surface area contributed by atoms with Crippen molar-refractivity contribution in [3.63, 3.8) is 0 Å². The molecule has 4 N–H and O–H groups in total. The van der Waals surface area contributed by atoms with Crippen LogP contribution in [0.2, 0.25) is 0 Å². The van der Waals surface area contributed by atoms with Gasteiger partial charge in [0, 0.05) is 49.3 Å². The molecular weight excluding hydrogens is 316 g/mol. The standard InChI is InChI=1S/C19H24N4O2/c24-19(22-25)8-7-15-4-1-2-6-18(15)23-12-9-16(10-13-23)21-14-17-5-3-11-20-17/h1-8,11,16,20-21,25H,9-10,12-14H2,(H,22,24)/b8-7+. The van der Waals surface area contributed by atoms with E-state index in [1.807, 2.05) is 30.5 Å². The summed E-state index contributed by atoms with van der Waals surface area (Å²) in [5.74, 6) is -0.526. The summed E-state index contributed by atoms with van der Waals surface area (Å²) in [6.07, 6.45) is 7.17. The lowest BCUT2D eigenvalue weighted by molar-refractivity contribution is -0.124. The number of rotatable bonds is 6. The van der Waals surface area contributed by atoms with Gasteiger partial charge in [-0.3, -0.25) is 10.0 Å². The van der Waals surface area contributed by atoms with Crippen molar-refractivity contribution in [1.82, 2.24) is 15.8 Å². The first-order valence-corrected chi connectivity index (χ1v) is 8.58. The Labute approximate surface area is 147 Å². The van der Waals surface area contributed by atoms with Crippen LogP contribution in [0.25, 0.3) is 6.08 Å². The largest absolute Gasteiger partial charge is 0.371 e. The van der Waals surface area contributed by atoms with Crippen molar-refractivity contribution in [3.05, 3.63) is 59.9 Å². The maximum absolute atomic E-state index is 11.2. The molecule has 0 atom stereocenters. The highest BCUT2D eigenvalue weighted by atomic mass is 16.5. The molecule has 132 valence electrons. The van der Waals surface area contributed by atoms with Gasteiger partial charge in [-0.1, -0.05) is 18.2 Å². The van der Waals surface area contributed by atoms with Crippen LogP contribution < -0.4 is 15.7 Å². The zero-order chi connectivity index (χ0) is 17.5. The topological polar surface area (TPSA) is 80.4 Å². The number of piperidine rings is 1. The molecule has 1 aromatic carbocycles. The van der Waals surface area contributed by atoms with Gasteiger partial charge in [0.2, 0.25) is 0 Å². The van der Waals surface area contributed by atoms with Crippen molar-refractivity contribution in [3.8, 4) is 0 Å². The number of benzene rings is 1. The summed E-state index contributed by atoms with van der Waals surface area (Å²) in [5, 5.41) is 12.2. The Bertz CT molecular complexity index is 704. The second kappa shape index (κ2) is 8.50. The first-order chi connectivity index (χ1) is 12.3. The smallest absolute Gasteiger partial charge is 0.267 e. The molecule has 3 rings (SSSR count). The summed E-state index contributed by atoms with van der Waals surface area (Å²) < 4.78 is 0. The first kappa shape index (κ1) is 17.3. The average molecular weight is 340 g/mol. The van der Waals surface area contributed by atoms with Gasteiger partial charge in [0.25, 0.3) is 5.91 Å². The number of hydrogen-bond donors (Lipinski definition) is 4. The van der Waals surface area contributed by atoms with E-state index >= 15 is 0 Å². The summed E-state index contributed by atoms with van der Waals surface area (Å²) >= 11 is 0. The molecule has 0 bridgehead atoms. The fourth-order valence-corrected chi connectivity index (χ4v) is 3.18. The molecule has 0 spiro atoms. The van der Waals surface area contributed by atoms with Gasteiger partial charge in [0.05, 0.1) is 0 Å². The molecule has 0 radical (unpaired) electrons. The molecule has 6 heteroatoms. The highest BCUT2D eigenvalue weighted by molar-refractivity contribution is 5.91. The molecule has 2 aromatic rings. The average Bonchev–Trinajstić information content (AvgIpc) is 3.19. The predicted octanol–water partition coefficient (Wildman–Crippen LogP) is 2.29. The summed E-state index contributed by atoms with van der Waals surface area (Å²) in [4.78, 5) is 16.8. The number of hydrogen-bond acceptors (Lipinski definition) is 4. The summed E-state index contributed by atoms with van der Waals surface area (Å²) in [5.41, 5.74) is 4.92. The molecule has 25 heavy (non-hydrogen) atoms. The minimum Gasteiger partial charge on any atom is -0.371 e. The monoisotopic (exact) mass is 340 g/mol. The Morgan fingerprint density at radius 3 is 2.76 bits per heavy atom. The molecule has 1 amide bonds. The number of nitrogens with zero attached hydrogens (tertiary/aromatic N) is 1. The minimum absolute atomic E-state index is 0.516. The van der Waals surface area contributed by atoms with Crippen molar-refractivity contribution in [2.45, 2.75) is 25.4 Å². The van der Waals surface area contributed by atoms with Crippen LogP contribution in [0.4, 0.5) is 5.69 Å². The van der Waals surface area contributed by atoms with Crippen LogP contribution in [-0.4, -0.2) is 35.2 Å². The lowest BCUT2D eigenvalue weighted by Crippen LogP contribution is -2.42. The van der Waals surface area contributed by atoms with Gasteiger partial charge in [0.1, 0.15) is 0 Å². The molecule has 1 aliphatic rings. The lowest BCUT2D eigenvalue weighted by atomic mass is 10.0. The molecule has 0 saturated carbocycles. The third-order valence-electron chi connectivity index (χ3n) is 4.54. The number of carbonyl (C=O) groups is 1. The number of amides is 1. The normalized spacial score (nSPS) is 15.6.